The van der Waals surface area contributed by atoms with E-state index in [0.29, 0.717) is 14.9 Å². The van der Waals surface area contributed by atoms with Crippen molar-refractivity contribution in [1.29, 1.82) is 0 Å². The van der Waals surface area contributed by atoms with Gasteiger partial charge in [0.05, 0.1) is 0 Å². The summed E-state index contributed by atoms with van der Waals surface area (Å²) in [6.45, 7) is 1.40. The summed E-state index contributed by atoms with van der Waals surface area (Å²) in [6.07, 6.45) is 0. The molecule has 7 nitrogen and oxygen atoms in total. The van der Waals surface area contributed by atoms with Crippen molar-refractivity contribution in [3.8, 4) is 0 Å². The SMILES string of the molecule is CC(=O)Nc1ccc(NC(=O)c2c(Cl)ccc([I-][NH+]([O-])O)c2Cl)cc1. The van der Waals surface area contributed by atoms with Gasteiger partial charge in [0, 0.05) is 0 Å². The zero-order valence-corrected chi connectivity index (χ0v) is 16.4. The fraction of sp³-hybridized carbons (Fsp3) is 0.0667. The number of hydrogen-bond donors (Lipinski definition) is 4. The van der Waals surface area contributed by atoms with Crippen molar-refractivity contribution in [3.63, 3.8) is 0 Å². The minimum absolute atomic E-state index is 0.0349. The number of halogens is 3. The Morgan fingerprint density at radius 3 is 2.16 bits per heavy atom. The third kappa shape index (κ3) is 5.53. The summed E-state index contributed by atoms with van der Waals surface area (Å²) in [4.78, 5) is 23.5. The van der Waals surface area contributed by atoms with E-state index in [1.165, 1.54) is 19.1 Å². The molecule has 2 amide bonds. The van der Waals surface area contributed by atoms with E-state index in [9.17, 15) is 14.8 Å². The summed E-state index contributed by atoms with van der Waals surface area (Å²) >= 11 is 10.8. The maximum absolute atomic E-state index is 12.5. The zero-order chi connectivity index (χ0) is 18.6. The number of benzene rings is 2. The van der Waals surface area contributed by atoms with E-state index in [1.807, 2.05) is 0 Å². The van der Waals surface area contributed by atoms with Crippen LogP contribution in [0.4, 0.5) is 11.4 Å². The molecule has 0 radical (unpaired) electrons. The molecule has 25 heavy (non-hydrogen) atoms. The summed E-state index contributed by atoms with van der Waals surface area (Å²) in [6, 6.07) is 9.46. The van der Waals surface area contributed by atoms with Crippen LogP contribution in [0.5, 0.6) is 0 Å². The molecule has 0 saturated carbocycles. The summed E-state index contributed by atoms with van der Waals surface area (Å²) in [7, 11) is 0. The van der Waals surface area contributed by atoms with E-state index in [2.05, 4.69) is 10.6 Å². The number of anilines is 2. The van der Waals surface area contributed by atoms with Gasteiger partial charge in [-0.05, 0) is 0 Å². The number of amides is 2. The van der Waals surface area contributed by atoms with Crippen molar-refractivity contribution in [2.45, 2.75) is 6.92 Å². The number of nitrogens with one attached hydrogen (secondary N) is 3. The maximum atomic E-state index is 12.5. The van der Waals surface area contributed by atoms with Crippen LogP contribution >= 0.6 is 23.2 Å². The molecule has 2 aromatic rings. The summed E-state index contributed by atoms with van der Waals surface area (Å²) in [5.41, 5.74) is 1.10. The van der Waals surface area contributed by atoms with Crippen molar-refractivity contribution in [3.05, 3.63) is 60.8 Å². The first kappa shape index (κ1) is 19.9. The Hall–Kier alpha value is -1.43. The molecule has 0 spiro atoms. The van der Waals surface area contributed by atoms with Crippen LogP contribution in [0.1, 0.15) is 17.3 Å². The van der Waals surface area contributed by atoms with E-state index in [4.69, 9.17) is 28.4 Å². The van der Waals surface area contributed by atoms with E-state index in [-0.39, 0.29) is 21.5 Å². The molecule has 0 aliphatic heterocycles. The van der Waals surface area contributed by atoms with Crippen molar-refractivity contribution in [2.24, 2.45) is 0 Å². The van der Waals surface area contributed by atoms with Gasteiger partial charge in [-0.1, -0.05) is 0 Å². The Balaban J connectivity index is 2.21. The fourth-order valence-electron chi connectivity index (χ4n) is 1.93. The van der Waals surface area contributed by atoms with Gasteiger partial charge in [-0.15, -0.1) is 0 Å². The van der Waals surface area contributed by atoms with Crippen LogP contribution in [0.3, 0.4) is 0 Å². The predicted octanol–water partition coefficient (Wildman–Crippen LogP) is -0.850. The van der Waals surface area contributed by atoms with Crippen molar-refractivity contribution in [2.75, 3.05) is 10.6 Å². The first-order chi connectivity index (χ1) is 11.8. The first-order valence-corrected chi connectivity index (χ1v) is 9.74. The number of carbonyl (C=O) groups is 2. The van der Waals surface area contributed by atoms with Crippen LogP contribution in [0.15, 0.2) is 36.4 Å². The summed E-state index contributed by atoms with van der Waals surface area (Å²) < 4.78 is -0.550. The van der Waals surface area contributed by atoms with Gasteiger partial charge in [-0.2, -0.15) is 0 Å². The molecular weight excluding hydrogens is 484 g/mol. The molecule has 0 saturated heterocycles. The van der Waals surface area contributed by atoms with E-state index in [0.717, 1.165) is 0 Å². The number of carbonyl (C=O) groups excluding carboxylic acids is 2. The molecule has 0 aromatic heterocycles. The molecule has 2 rings (SSSR count). The normalized spacial score (nSPS) is 11.9. The number of hydrogen-bond acceptors (Lipinski definition) is 4. The molecule has 10 heteroatoms. The Morgan fingerprint density at radius 1 is 1.08 bits per heavy atom. The second-order valence-corrected chi connectivity index (χ2v) is 8.19. The van der Waals surface area contributed by atoms with E-state index < -0.39 is 30.8 Å². The molecule has 1 unspecified atom stereocenters. The predicted molar refractivity (Wildman–Crippen MR) is 90.0 cm³/mol. The molecular formula is C15H13Cl2IN3O4-. The Labute approximate surface area is 164 Å². The van der Waals surface area contributed by atoms with Crippen molar-refractivity contribution < 1.29 is 39.7 Å². The second kappa shape index (κ2) is 8.79. The van der Waals surface area contributed by atoms with Gasteiger partial charge in [-0.25, -0.2) is 0 Å². The quantitative estimate of drug-likeness (QED) is 0.187. The molecule has 0 aliphatic rings. The molecule has 0 aliphatic carbocycles. The van der Waals surface area contributed by atoms with Crippen LogP contribution in [0.25, 0.3) is 0 Å². The first-order valence-electron chi connectivity index (χ1n) is 6.82. The molecule has 0 bridgehead atoms. The van der Waals surface area contributed by atoms with Gasteiger partial charge in [0.1, 0.15) is 0 Å². The van der Waals surface area contributed by atoms with Crippen LogP contribution in [-0.2, 0) is 4.79 Å². The van der Waals surface area contributed by atoms with Crippen molar-refractivity contribution >= 4 is 46.4 Å². The third-order valence-corrected chi connectivity index (χ3v) is 5.88. The van der Waals surface area contributed by atoms with Gasteiger partial charge in [0.25, 0.3) is 0 Å². The van der Waals surface area contributed by atoms with Crippen LogP contribution in [-0.4, -0.2) is 17.0 Å². The van der Waals surface area contributed by atoms with E-state index in [1.54, 1.807) is 24.3 Å². The van der Waals surface area contributed by atoms with Gasteiger partial charge in [0.15, 0.2) is 0 Å². The molecule has 0 heterocycles. The minimum atomic E-state index is -1.38. The number of quaternary nitrogens is 1. The monoisotopic (exact) mass is 496 g/mol. The Morgan fingerprint density at radius 2 is 1.64 bits per heavy atom. The standard InChI is InChI=1S/C15H13Cl2IN3O4/c1-8(22)19-9-2-4-10(5-3-9)20-15(23)13-11(16)6-7-12(14(13)17)18-21(24)25/h2-7,21,24H,1H3,(H,19,22)(H,20,23)/q-1. The van der Waals surface area contributed by atoms with Crippen LogP contribution in [0, 0.1) is 8.78 Å². The van der Waals surface area contributed by atoms with Crippen LogP contribution in [0.2, 0.25) is 10.0 Å². The molecule has 1 atom stereocenters. The Kier molecular flexibility index (Phi) is 6.99. The topological polar surface area (TPSA) is 106 Å². The molecule has 4 N–H and O–H groups in total. The average Bonchev–Trinajstić information content (AvgIpc) is 2.51. The van der Waals surface area contributed by atoms with Gasteiger partial charge in [-0.3, -0.25) is 0 Å². The van der Waals surface area contributed by atoms with Gasteiger partial charge in [0.2, 0.25) is 0 Å². The third-order valence-electron chi connectivity index (χ3n) is 2.92. The van der Waals surface area contributed by atoms with Gasteiger partial charge >= 0.3 is 164 Å². The second-order valence-electron chi connectivity index (χ2n) is 4.78. The van der Waals surface area contributed by atoms with Gasteiger partial charge < -0.3 is 0 Å². The number of rotatable bonds is 5. The zero-order valence-electron chi connectivity index (χ0n) is 12.8. The summed E-state index contributed by atoms with van der Waals surface area (Å²) in [5.74, 6) is -0.743. The summed E-state index contributed by atoms with van der Waals surface area (Å²) in [5, 5.41) is 25.3. The van der Waals surface area contributed by atoms with Crippen molar-refractivity contribution in [1.82, 2.24) is 0 Å². The molecule has 2 aromatic carbocycles. The average molecular weight is 497 g/mol. The van der Waals surface area contributed by atoms with E-state index >= 15 is 0 Å². The Bertz CT molecular complexity index is 800. The molecule has 0 fully saturated rings. The fourth-order valence-corrected chi connectivity index (χ4v) is 4.07. The van der Waals surface area contributed by atoms with Crippen LogP contribution < -0.4 is 35.6 Å². The molecule has 134 valence electrons.